The second-order valence-corrected chi connectivity index (χ2v) is 5.64. The molecule has 100 valence electrons. The number of ether oxygens (including phenoxy) is 1. The van der Waals surface area contributed by atoms with Crippen LogP contribution in [0.2, 0.25) is 0 Å². The van der Waals surface area contributed by atoms with Gasteiger partial charge in [-0.05, 0) is 40.4 Å². The minimum atomic E-state index is 0.158. The molecule has 2 nitrogen and oxygen atoms in total. The molecule has 0 atom stereocenters. The lowest BCUT2D eigenvalue weighted by Crippen LogP contribution is -2.01. The zero-order valence-electron chi connectivity index (χ0n) is 11.1. The Morgan fingerprint density at radius 3 is 2.65 bits per heavy atom. The van der Waals surface area contributed by atoms with Crippen molar-refractivity contribution in [2.75, 3.05) is 7.11 Å². The molecule has 0 spiro atoms. The molecule has 0 aliphatic heterocycles. The predicted octanol–water partition coefficient (Wildman–Crippen LogP) is 4.34. The molecule has 0 aliphatic carbocycles. The summed E-state index contributed by atoms with van der Waals surface area (Å²) in [6.07, 6.45) is 0.472. The van der Waals surface area contributed by atoms with E-state index >= 15 is 0 Å². The molecule has 0 radical (unpaired) electrons. The van der Waals surface area contributed by atoms with Crippen LogP contribution in [0.5, 0.6) is 5.75 Å². The number of fused-ring (bicyclic) bond motifs is 1. The second kappa shape index (κ2) is 5.47. The predicted molar refractivity (Wildman–Crippen MR) is 82.9 cm³/mol. The fraction of sp³-hybridized carbons (Fsp3) is 0.118. The summed E-state index contributed by atoms with van der Waals surface area (Å²) in [4.78, 5) is 13.4. The first-order valence-electron chi connectivity index (χ1n) is 6.39. The van der Waals surface area contributed by atoms with Crippen LogP contribution in [0.4, 0.5) is 0 Å². The standard InChI is InChI=1S/C17H14O2S/c1-19-15-7-6-12-9-14(5-4-13(12)10-15)17(18)11-16-3-2-8-20-16/h2-10H,11H2,1H3. The van der Waals surface area contributed by atoms with Crippen molar-refractivity contribution in [2.24, 2.45) is 0 Å². The van der Waals surface area contributed by atoms with Gasteiger partial charge in [-0.1, -0.05) is 24.3 Å². The average molecular weight is 282 g/mol. The molecule has 3 heteroatoms. The van der Waals surface area contributed by atoms with Gasteiger partial charge < -0.3 is 4.74 Å². The SMILES string of the molecule is COc1ccc2cc(C(=O)Cc3cccs3)ccc2c1. The molecule has 0 fully saturated rings. The van der Waals surface area contributed by atoms with E-state index in [0.717, 1.165) is 27.0 Å². The maximum absolute atomic E-state index is 12.3. The highest BCUT2D eigenvalue weighted by atomic mass is 32.1. The Bertz CT molecular complexity index is 745. The van der Waals surface area contributed by atoms with Crippen LogP contribution in [0, 0.1) is 0 Å². The molecule has 0 saturated carbocycles. The Morgan fingerprint density at radius 1 is 1.10 bits per heavy atom. The lowest BCUT2D eigenvalue weighted by molar-refractivity contribution is 0.0994. The van der Waals surface area contributed by atoms with E-state index in [1.165, 1.54) is 0 Å². The Balaban J connectivity index is 1.90. The maximum Gasteiger partial charge on any atom is 0.168 e. The number of Topliss-reactive ketones (excluding diaryl/α,β-unsaturated/α-hetero) is 1. The summed E-state index contributed by atoms with van der Waals surface area (Å²) in [5.74, 6) is 0.986. The zero-order valence-corrected chi connectivity index (χ0v) is 11.9. The summed E-state index contributed by atoms with van der Waals surface area (Å²) in [6.45, 7) is 0. The lowest BCUT2D eigenvalue weighted by Gasteiger charge is -2.05. The van der Waals surface area contributed by atoms with Gasteiger partial charge in [0.2, 0.25) is 0 Å². The van der Waals surface area contributed by atoms with Gasteiger partial charge in [-0.25, -0.2) is 0 Å². The van der Waals surface area contributed by atoms with Gasteiger partial charge in [0.1, 0.15) is 5.75 Å². The summed E-state index contributed by atoms with van der Waals surface area (Å²) in [6, 6.07) is 15.6. The minimum absolute atomic E-state index is 0.158. The summed E-state index contributed by atoms with van der Waals surface area (Å²) in [5, 5.41) is 4.13. The number of hydrogen-bond donors (Lipinski definition) is 0. The highest BCUT2D eigenvalue weighted by Gasteiger charge is 2.08. The number of methoxy groups -OCH3 is 1. The molecular weight excluding hydrogens is 268 g/mol. The average Bonchev–Trinajstić information content (AvgIpc) is 2.99. The number of rotatable bonds is 4. The molecule has 3 rings (SSSR count). The monoisotopic (exact) mass is 282 g/mol. The van der Waals surface area contributed by atoms with E-state index in [1.807, 2.05) is 53.9 Å². The summed E-state index contributed by atoms with van der Waals surface area (Å²) in [7, 11) is 1.65. The number of hydrogen-bond acceptors (Lipinski definition) is 3. The lowest BCUT2D eigenvalue weighted by atomic mass is 10.0. The largest absolute Gasteiger partial charge is 0.497 e. The van der Waals surface area contributed by atoms with Gasteiger partial charge >= 0.3 is 0 Å². The number of carbonyl (C=O) groups excluding carboxylic acids is 1. The quantitative estimate of drug-likeness (QED) is 0.666. The third kappa shape index (κ3) is 2.58. The van der Waals surface area contributed by atoms with E-state index in [1.54, 1.807) is 18.4 Å². The van der Waals surface area contributed by atoms with Crippen molar-refractivity contribution in [2.45, 2.75) is 6.42 Å². The van der Waals surface area contributed by atoms with E-state index < -0.39 is 0 Å². The van der Waals surface area contributed by atoms with Crippen molar-refractivity contribution in [3.8, 4) is 5.75 Å². The first kappa shape index (κ1) is 12.9. The molecule has 0 unspecified atom stereocenters. The van der Waals surface area contributed by atoms with E-state index in [9.17, 15) is 4.79 Å². The van der Waals surface area contributed by atoms with Crippen LogP contribution in [-0.4, -0.2) is 12.9 Å². The van der Waals surface area contributed by atoms with Gasteiger partial charge in [-0.2, -0.15) is 0 Å². The van der Waals surface area contributed by atoms with Crippen LogP contribution in [0.3, 0.4) is 0 Å². The van der Waals surface area contributed by atoms with Gasteiger partial charge in [0.05, 0.1) is 7.11 Å². The molecule has 0 saturated heterocycles. The van der Waals surface area contributed by atoms with Crippen molar-refractivity contribution < 1.29 is 9.53 Å². The fourth-order valence-electron chi connectivity index (χ4n) is 2.20. The topological polar surface area (TPSA) is 26.3 Å². The first-order valence-corrected chi connectivity index (χ1v) is 7.27. The van der Waals surface area contributed by atoms with Crippen LogP contribution >= 0.6 is 11.3 Å². The van der Waals surface area contributed by atoms with Gasteiger partial charge in [-0.3, -0.25) is 4.79 Å². The first-order chi connectivity index (χ1) is 9.76. The molecule has 2 aromatic carbocycles. The van der Waals surface area contributed by atoms with Crippen molar-refractivity contribution in [1.82, 2.24) is 0 Å². The Labute approximate surface area is 121 Å². The molecule has 3 aromatic rings. The highest BCUT2D eigenvalue weighted by Crippen LogP contribution is 2.23. The van der Waals surface area contributed by atoms with Crippen molar-refractivity contribution in [3.05, 3.63) is 64.4 Å². The summed E-state index contributed by atoms with van der Waals surface area (Å²) in [5.41, 5.74) is 0.760. The molecule has 1 aromatic heterocycles. The van der Waals surface area contributed by atoms with Crippen LogP contribution in [-0.2, 0) is 6.42 Å². The molecular formula is C17H14O2S. The van der Waals surface area contributed by atoms with Crippen LogP contribution in [0.25, 0.3) is 10.8 Å². The highest BCUT2D eigenvalue weighted by molar-refractivity contribution is 7.10. The number of ketones is 1. The Morgan fingerprint density at radius 2 is 1.90 bits per heavy atom. The normalized spacial score (nSPS) is 10.7. The van der Waals surface area contributed by atoms with Crippen molar-refractivity contribution >= 4 is 27.9 Å². The van der Waals surface area contributed by atoms with Crippen LogP contribution in [0.1, 0.15) is 15.2 Å². The van der Waals surface area contributed by atoms with Gasteiger partial charge in [0.25, 0.3) is 0 Å². The number of carbonyl (C=O) groups is 1. The molecule has 0 aliphatic rings. The van der Waals surface area contributed by atoms with Gasteiger partial charge in [0, 0.05) is 16.9 Å². The smallest absolute Gasteiger partial charge is 0.168 e. The van der Waals surface area contributed by atoms with Gasteiger partial charge in [0.15, 0.2) is 5.78 Å². The molecule has 20 heavy (non-hydrogen) atoms. The Kier molecular flexibility index (Phi) is 3.52. The van der Waals surface area contributed by atoms with Crippen LogP contribution in [0.15, 0.2) is 53.9 Å². The zero-order chi connectivity index (χ0) is 13.9. The maximum atomic E-state index is 12.3. The van der Waals surface area contributed by atoms with E-state index in [4.69, 9.17) is 4.74 Å². The summed E-state index contributed by atoms with van der Waals surface area (Å²) < 4.78 is 5.20. The van der Waals surface area contributed by atoms with E-state index in [0.29, 0.717) is 6.42 Å². The molecule has 0 amide bonds. The number of benzene rings is 2. The molecule has 1 heterocycles. The van der Waals surface area contributed by atoms with E-state index in [-0.39, 0.29) is 5.78 Å². The third-order valence-corrected chi connectivity index (χ3v) is 4.16. The minimum Gasteiger partial charge on any atom is -0.497 e. The third-order valence-electron chi connectivity index (χ3n) is 3.28. The van der Waals surface area contributed by atoms with E-state index in [2.05, 4.69) is 0 Å². The molecule has 0 N–H and O–H groups in total. The van der Waals surface area contributed by atoms with Crippen molar-refractivity contribution in [3.63, 3.8) is 0 Å². The Hall–Kier alpha value is -2.13. The fourth-order valence-corrected chi connectivity index (χ4v) is 2.90. The summed E-state index contributed by atoms with van der Waals surface area (Å²) >= 11 is 1.62. The van der Waals surface area contributed by atoms with Crippen LogP contribution < -0.4 is 4.74 Å². The number of thiophene rings is 1. The molecule has 0 bridgehead atoms. The van der Waals surface area contributed by atoms with Gasteiger partial charge in [-0.15, -0.1) is 11.3 Å². The second-order valence-electron chi connectivity index (χ2n) is 4.61. The van der Waals surface area contributed by atoms with Crippen molar-refractivity contribution in [1.29, 1.82) is 0 Å².